The van der Waals surface area contributed by atoms with Crippen molar-refractivity contribution in [2.75, 3.05) is 26.9 Å². The van der Waals surface area contributed by atoms with Crippen LogP contribution in [0.5, 0.6) is 11.5 Å². The molecule has 6 heteroatoms. The molecule has 0 aromatic heterocycles. The number of halogens is 1. The van der Waals surface area contributed by atoms with E-state index in [1.165, 1.54) is 0 Å². The van der Waals surface area contributed by atoms with Crippen LogP contribution in [0.4, 0.5) is 9.18 Å². The number of carbonyl (C=O) groups excluding carboxylic acids is 1. The minimum Gasteiger partial charge on any atom is -0.493 e. The molecule has 2 N–H and O–H groups in total. The molecule has 0 spiro atoms. The fraction of sp³-hybridized carbons (Fsp3) is 0.462. The third-order valence-electron chi connectivity index (χ3n) is 2.32. The Morgan fingerprint density at radius 3 is 2.68 bits per heavy atom. The summed E-state index contributed by atoms with van der Waals surface area (Å²) in [6, 6.07) is 6.65. The lowest BCUT2D eigenvalue weighted by Gasteiger charge is -2.16. The summed E-state index contributed by atoms with van der Waals surface area (Å²) in [5.74, 6) is 1.25. The van der Waals surface area contributed by atoms with Gasteiger partial charge in [0.15, 0.2) is 11.5 Å². The van der Waals surface area contributed by atoms with Gasteiger partial charge >= 0.3 is 6.03 Å². The van der Waals surface area contributed by atoms with E-state index in [4.69, 9.17) is 9.47 Å². The molecule has 0 heterocycles. The number of methoxy groups -OCH3 is 1. The number of hydrogen-bond donors (Lipinski definition) is 2. The van der Waals surface area contributed by atoms with Crippen LogP contribution < -0.4 is 20.1 Å². The Labute approximate surface area is 112 Å². The summed E-state index contributed by atoms with van der Waals surface area (Å²) in [6.07, 6.45) is 0. The van der Waals surface area contributed by atoms with E-state index in [9.17, 15) is 9.18 Å². The predicted octanol–water partition coefficient (Wildman–Crippen LogP) is 1.73. The molecule has 0 aliphatic carbocycles. The SMILES string of the molecule is COc1ccccc1OC[C@@H](C)NC(=O)NCCF. The summed E-state index contributed by atoms with van der Waals surface area (Å²) >= 11 is 0. The molecule has 1 rings (SSSR count). The first-order chi connectivity index (χ1) is 9.17. The van der Waals surface area contributed by atoms with Crippen LogP contribution in [-0.4, -0.2) is 39.0 Å². The summed E-state index contributed by atoms with van der Waals surface area (Å²) in [5.41, 5.74) is 0. The van der Waals surface area contributed by atoms with Gasteiger partial charge in [-0.2, -0.15) is 0 Å². The first-order valence-corrected chi connectivity index (χ1v) is 6.03. The Morgan fingerprint density at radius 1 is 1.37 bits per heavy atom. The Balaban J connectivity index is 2.37. The lowest BCUT2D eigenvalue weighted by atomic mass is 10.3. The molecule has 0 saturated heterocycles. The van der Waals surface area contributed by atoms with Crippen molar-refractivity contribution in [3.05, 3.63) is 24.3 Å². The average Bonchev–Trinajstić information content (AvgIpc) is 2.43. The monoisotopic (exact) mass is 270 g/mol. The highest BCUT2D eigenvalue weighted by atomic mass is 19.1. The van der Waals surface area contributed by atoms with Crippen LogP contribution in [0.2, 0.25) is 0 Å². The number of para-hydroxylation sites is 2. The molecular formula is C13H19FN2O3. The number of benzene rings is 1. The zero-order valence-corrected chi connectivity index (χ0v) is 11.1. The van der Waals surface area contributed by atoms with E-state index >= 15 is 0 Å². The van der Waals surface area contributed by atoms with Crippen molar-refractivity contribution >= 4 is 6.03 Å². The first kappa shape index (κ1) is 15.1. The van der Waals surface area contributed by atoms with E-state index in [1.807, 2.05) is 12.1 Å². The maximum atomic E-state index is 11.9. The predicted molar refractivity (Wildman–Crippen MR) is 70.5 cm³/mol. The van der Waals surface area contributed by atoms with Gasteiger partial charge in [-0.25, -0.2) is 9.18 Å². The normalized spacial score (nSPS) is 11.5. The molecule has 0 saturated carbocycles. The number of alkyl halides is 1. The number of hydrogen-bond acceptors (Lipinski definition) is 3. The molecule has 2 amide bonds. The van der Waals surface area contributed by atoms with Gasteiger partial charge in [-0.05, 0) is 19.1 Å². The number of ether oxygens (including phenoxy) is 2. The van der Waals surface area contributed by atoms with Crippen molar-refractivity contribution in [1.29, 1.82) is 0 Å². The molecule has 1 aromatic carbocycles. The van der Waals surface area contributed by atoms with Gasteiger partial charge in [0.1, 0.15) is 13.3 Å². The van der Waals surface area contributed by atoms with Crippen LogP contribution in [0, 0.1) is 0 Å². The number of rotatable bonds is 7. The Hall–Kier alpha value is -1.98. The van der Waals surface area contributed by atoms with E-state index in [1.54, 1.807) is 26.2 Å². The maximum absolute atomic E-state index is 11.9. The first-order valence-electron chi connectivity index (χ1n) is 6.03. The topological polar surface area (TPSA) is 59.6 Å². The lowest BCUT2D eigenvalue weighted by Crippen LogP contribution is -2.43. The van der Waals surface area contributed by atoms with Gasteiger partial charge in [-0.1, -0.05) is 12.1 Å². The second-order valence-corrected chi connectivity index (χ2v) is 3.95. The molecule has 1 atom stereocenters. The van der Waals surface area contributed by atoms with Crippen molar-refractivity contribution in [1.82, 2.24) is 10.6 Å². The van der Waals surface area contributed by atoms with Gasteiger partial charge < -0.3 is 20.1 Å². The summed E-state index contributed by atoms with van der Waals surface area (Å²) in [6.45, 7) is 1.51. The molecule has 0 radical (unpaired) electrons. The zero-order chi connectivity index (χ0) is 14.1. The second kappa shape index (κ2) is 8.18. The molecule has 0 bridgehead atoms. The van der Waals surface area contributed by atoms with Crippen LogP contribution in [0.1, 0.15) is 6.92 Å². The average molecular weight is 270 g/mol. The zero-order valence-electron chi connectivity index (χ0n) is 11.1. The highest BCUT2D eigenvalue weighted by Crippen LogP contribution is 2.25. The molecule has 1 aromatic rings. The molecule has 0 aliphatic heterocycles. The van der Waals surface area contributed by atoms with Crippen LogP contribution in [0.25, 0.3) is 0 Å². The van der Waals surface area contributed by atoms with Gasteiger partial charge in [-0.15, -0.1) is 0 Å². The van der Waals surface area contributed by atoms with Gasteiger partial charge in [0, 0.05) is 6.54 Å². The molecule has 5 nitrogen and oxygen atoms in total. The van der Waals surface area contributed by atoms with Crippen LogP contribution >= 0.6 is 0 Å². The number of urea groups is 1. The quantitative estimate of drug-likeness (QED) is 0.793. The molecular weight excluding hydrogens is 251 g/mol. The van der Waals surface area contributed by atoms with Crippen molar-refractivity contribution in [3.8, 4) is 11.5 Å². The highest BCUT2D eigenvalue weighted by molar-refractivity contribution is 5.74. The van der Waals surface area contributed by atoms with Crippen molar-refractivity contribution in [2.24, 2.45) is 0 Å². The molecule has 106 valence electrons. The van der Waals surface area contributed by atoms with Gasteiger partial charge in [0.2, 0.25) is 0 Å². The van der Waals surface area contributed by atoms with Crippen LogP contribution in [0.15, 0.2) is 24.3 Å². The molecule has 0 unspecified atom stereocenters. The van der Waals surface area contributed by atoms with E-state index in [0.717, 1.165) is 0 Å². The smallest absolute Gasteiger partial charge is 0.315 e. The van der Waals surface area contributed by atoms with Gasteiger partial charge in [0.05, 0.1) is 13.2 Å². The maximum Gasteiger partial charge on any atom is 0.315 e. The second-order valence-electron chi connectivity index (χ2n) is 3.95. The largest absolute Gasteiger partial charge is 0.493 e. The number of nitrogens with one attached hydrogen (secondary N) is 2. The summed E-state index contributed by atoms with van der Waals surface area (Å²) < 4.78 is 22.6. The fourth-order valence-electron chi connectivity index (χ4n) is 1.43. The summed E-state index contributed by atoms with van der Waals surface area (Å²) in [7, 11) is 1.56. The summed E-state index contributed by atoms with van der Waals surface area (Å²) in [4.78, 5) is 11.3. The van der Waals surface area contributed by atoms with Gasteiger partial charge in [-0.3, -0.25) is 0 Å². The van der Waals surface area contributed by atoms with Crippen molar-refractivity contribution in [3.63, 3.8) is 0 Å². The standard InChI is InChI=1S/C13H19FN2O3/c1-10(16-13(17)15-8-7-14)9-19-12-6-4-3-5-11(12)18-2/h3-6,10H,7-9H2,1-2H3,(H2,15,16,17)/t10-/m1/s1. The van der Waals surface area contributed by atoms with E-state index in [0.29, 0.717) is 18.1 Å². The van der Waals surface area contributed by atoms with Gasteiger partial charge in [0.25, 0.3) is 0 Å². The van der Waals surface area contributed by atoms with Crippen LogP contribution in [0.3, 0.4) is 0 Å². The molecule has 0 fully saturated rings. The molecule has 0 aliphatic rings. The van der Waals surface area contributed by atoms with E-state index < -0.39 is 12.7 Å². The Kier molecular flexibility index (Phi) is 6.49. The van der Waals surface area contributed by atoms with E-state index in [2.05, 4.69) is 10.6 Å². The molecule has 19 heavy (non-hydrogen) atoms. The van der Waals surface area contributed by atoms with Crippen molar-refractivity contribution < 1.29 is 18.7 Å². The minimum atomic E-state index is -0.584. The lowest BCUT2D eigenvalue weighted by molar-refractivity contribution is 0.223. The minimum absolute atomic E-state index is 0.00587. The summed E-state index contributed by atoms with van der Waals surface area (Å²) in [5, 5.41) is 5.02. The third kappa shape index (κ3) is 5.46. The Morgan fingerprint density at radius 2 is 2.05 bits per heavy atom. The highest BCUT2D eigenvalue weighted by Gasteiger charge is 2.09. The van der Waals surface area contributed by atoms with Crippen LogP contribution in [-0.2, 0) is 0 Å². The van der Waals surface area contributed by atoms with E-state index in [-0.39, 0.29) is 12.6 Å². The Bertz CT molecular complexity index is 401. The number of amides is 2. The fourth-order valence-corrected chi connectivity index (χ4v) is 1.43. The van der Waals surface area contributed by atoms with Crippen molar-refractivity contribution in [2.45, 2.75) is 13.0 Å². The number of carbonyl (C=O) groups is 1. The third-order valence-corrected chi connectivity index (χ3v) is 2.32.